The molecule has 0 aliphatic rings. The predicted molar refractivity (Wildman–Crippen MR) is 126 cm³/mol. The molecule has 0 saturated carbocycles. The van der Waals surface area contributed by atoms with Gasteiger partial charge < -0.3 is 14.5 Å². The molecule has 0 aliphatic carbocycles. The highest BCUT2D eigenvalue weighted by Gasteiger charge is 2.10. The lowest BCUT2D eigenvalue weighted by Gasteiger charge is -2.10. The summed E-state index contributed by atoms with van der Waals surface area (Å²) in [4.78, 5) is 19.0. The summed E-state index contributed by atoms with van der Waals surface area (Å²) >= 11 is 1.69. The number of benzene rings is 3. The van der Waals surface area contributed by atoms with Crippen molar-refractivity contribution in [1.82, 2.24) is 10.3 Å². The van der Waals surface area contributed by atoms with Gasteiger partial charge in [0, 0.05) is 34.7 Å². The van der Waals surface area contributed by atoms with Crippen LogP contribution in [0.5, 0.6) is 5.75 Å². The Morgan fingerprint density at radius 2 is 1.75 bits per heavy atom. The zero-order valence-corrected chi connectivity index (χ0v) is 18.6. The van der Waals surface area contributed by atoms with E-state index >= 15 is 0 Å². The number of nitrogens with zero attached hydrogens (tertiary/aromatic N) is 1. The molecule has 1 N–H and O–H groups in total. The lowest BCUT2D eigenvalue weighted by atomic mass is 10.2. The van der Waals surface area contributed by atoms with Gasteiger partial charge in [-0.2, -0.15) is 0 Å². The van der Waals surface area contributed by atoms with Gasteiger partial charge in [0.15, 0.2) is 11.7 Å². The molecule has 0 bridgehead atoms. The molecule has 0 radical (unpaired) electrons. The molecule has 0 fully saturated rings. The molecule has 6 heteroatoms. The van der Waals surface area contributed by atoms with Gasteiger partial charge in [-0.25, -0.2) is 4.98 Å². The number of aryl methyl sites for hydroxylation is 1. The molecule has 4 rings (SSSR count). The van der Waals surface area contributed by atoms with Gasteiger partial charge in [-0.15, -0.1) is 0 Å². The summed E-state index contributed by atoms with van der Waals surface area (Å²) in [5.41, 5.74) is 2.01. The van der Waals surface area contributed by atoms with Gasteiger partial charge in [0.25, 0.3) is 0 Å². The summed E-state index contributed by atoms with van der Waals surface area (Å²) < 4.78 is 11.0. The Morgan fingerprint density at radius 3 is 2.53 bits per heavy atom. The van der Waals surface area contributed by atoms with Crippen LogP contribution in [0.25, 0.3) is 11.3 Å². The van der Waals surface area contributed by atoms with Crippen LogP contribution in [0.3, 0.4) is 0 Å². The van der Waals surface area contributed by atoms with Gasteiger partial charge in [-0.1, -0.05) is 48.2 Å². The number of hydrogen-bond donors (Lipinski definition) is 1. The zero-order chi connectivity index (χ0) is 22.2. The Kier molecular flexibility index (Phi) is 7.25. The molecule has 0 spiro atoms. The third kappa shape index (κ3) is 5.80. The fourth-order valence-corrected chi connectivity index (χ4v) is 4.15. The van der Waals surface area contributed by atoms with E-state index in [1.54, 1.807) is 25.1 Å². The van der Waals surface area contributed by atoms with E-state index in [0.29, 0.717) is 31.0 Å². The minimum absolute atomic E-state index is 0.0336. The lowest BCUT2D eigenvalue weighted by Crippen LogP contribution is -2.23. The third-order valence-electron chi connectivity index (χ3n) is 4.91. The van der Waals surface area contributed by atoms with E-state index in [2.05, 4.69) is 28.5 Å². The highest BCUT2D eigenvalue weighted by atomic mass is 32.2. The van der Waals surface area contributed by atoms with Crippen molar-refractivity contribution in [2.45, 2.75) is 29.2 Å². The summed E-state index contributed by atoms with van der Waals surface area (Å²) in [5.74, 6) is 1.98. The first-order valence-corrected chi connectivity index (χ1v) is 11.2. The number of hydrogen-bond acceptors (Lipinski definition) is 5. The second kappa shape index (κ2) is 10.7. The van der Waals surface area contributed by atoms with Crippen LogP contribution in [0.2, 0.25) is 0 Å². The molecule has 0 aliphatic heterocycles. The van der Waals surface area contributed by atoms with Crippen molar-refractivity contribution in [3.05, 3.63) is 96.5 Å². The Hall–Kier alpha value is -3.51. The number of nitrogens with one attached hydrogen (secondary N) is 1. The normalized spacial score (nSPS) is 10.7. The number of aromatic nitrogens is 1. The monoisotopic (exact) mass is 444 g/mol. The Bertz CT molecular complexity index is 1160. The van der Waals surface area contributed by atoms with E-state index in [1.165, 1.54) is 4.90 Å². The molecule has 162 valence electrons. The van der Waals surface area contributed by atoms with Crippen LogP contribution in [0.15, 0.2) is 99.3 Å². The van der Waals surface area contributed by atoms with E-state index in [-0.39, 0.29) is 5.91 Å². The molecular weight excluding hydrogens is 420 g/mol. The van der Waals surface area contributed by atoms with E-state index in [4.69, 9.17) is 9.15 Å². The Morgan fingerprint density at radius 1 is 1.00 bits per heavy atom. The molecule has 32 heavy (non-hydrogen) atoms. The van der Waals surface area contributed by atoms with E-state index in [1.807, 2.05) is 60.7 Å². The predicted octanol–water partition coefficient (Wildman–Crippen LogP) is 5.75. The Balaban J connectivity index is 1.29. The molecule has 1 aromatic heterocycles. The topological polar surface area (TPSA) is 64.4 Å². The largest absolute Gasteiger partial charge is 0.497 e. The van der Waals surface area contributed by atoms with Gasteiger partial charge in [0.05, 0.1) is 13.3 Å². The number of rotatable bonds is 9. The summed E-state index contributed by atoms with van der Waals surface area (Å²) in [6.07, 6.45) is 2.45. The van der Waals surface area contributed by atoms with E-state index in [0.717, 1.165) is 21.8 Å². The van der Waals surface area contributed by atoms with Crippen LogP contribution in [-0.2, 0) is 17.8 Å². The molecule has 1 heterocycles. The van der Waals surface area contributed by atoms with Crippen molar-refractivity contribution in [3.63, 3.8) is 0 Å². The van der Waals surface area contributed by atoms with Crippen molar-refractivity contribution >= 4 is 17.7 Å². The minimum Gasteiger partial charge on any atom is -0.497 e. The molecule has 1 amide bonds. The second-order valence-electron chi connectivity index (χ2n) is 7.15. The smallest absolute Gasteiger partial charge is 0.220 e. The fourth-order valence-electron chi connectivity index (χ4n) is 3.18. The number of carbonyl (C=O) groups is 1. The first-order valence-electron chi connectivity index (χ1n) is 10.4. The number of methoxy groups -OCH3 is 1. The van der Waals surface area contributed by atoms with Crippen molar-refractivity contribution in [2.24, 2.45) is 0 Å². The highest BCUT2D eigenvalue weighted by Crippen LogP contribution is 2.30. The van der Waals surface area contributed by atoms with Crippen molar-refractivity contribution in [1.29, 1.82) is 0 Å². The quantitative estimate of drug-likeness (QED) is 0.356. The average molecular weight is 445 g/mol. The van der Waals surface area contributed by atoms with Crippen LogP contribution in [0.1, 0.15) is 17.9 Å². The standard InChI is InChI=1S/C26H24N2O3S/c1-30-21-13-11-19(12-14-21)23-18-28-26(31-23)16-15-25(29)27-17-20-7-5-6-10-24(20)32-22-8-3-2-4-9-22/h2-14,18H,15-17H2,1H3,(H,27,29). The fraction of sp³-hybridized carbons (Fsp3) is 0.154. The first kappa shape index (κ1) is 21.7. The molecule has 0 unspecified atom stereocenters. The number of ether oxygens (including phenoxy) is 1. The van der Waals surface area contributed by atoms with Gasteiger partial charge >= 0.3 is 0 Å². The first-order chi connectivity index (χ1) is 15.7. The van der Waals surface area contributed by atoms with Crippen molar-refractivity contribution < 1.29 is 13.9 Å². The van der Waals surface area contributed by atoms with Crippen LogP contribution in [-0.4, -0.2) is 18.0 Å². The maximum Gasteiger partial charge on any atom is 0.220 e. The van der Waals surface area contributed by atoms with E-state index in [9.17, 15) is 4.79 Å². The lowest BCUT2D eigenvalue weighted by molar-refractivity contribution is -0.121. The number of carbonyl (C=O) groups excluding carboxylic acids is 1. The summed E-state index contributed by atoms with van der Waals surface area (Å²) in [5, 5.41) is 3.01. The molecule has 0 saturated heterocycles. The summed E-state index contributed by atoms with van der Waals surface area (Å²) in [7, 11) is 1.63. The van der Waals surface area contributed by atoms with Gasteiger partial charge in [-0.05, 0) is 48.0 Å². The highest BCUT2D eigenvalue weighted by molar-refractivity contribution is 7.99. The van der Waals surface area contributed by atoms with Gasteiger partial charge in [-0.3, -0.25) is 4.79 Å². The minimum atomic E-state index is -0.0336. The molecule has 5 nitrogen and oxygen atoms in total. The summed E-state index contributed by atoms with van der Waals surface area (Å²) in [6, 6.07) is 25.9. The average Bonchev–Trinajstić information content (AvgIpc) is 3.32. The van der Waals surface area contributed by atoms with Crippen molar-refractivity contribution in [2.75, 3.05) is 7.11 Å². The third-order valence-corrected chi connectivity index (χ3v) is 6.04. The van der Waals surface area contributed by atoms with Crippen molar-refractivity contribution in [3.8, 4) is 17.1 Å². The van der Waals surface area contributed by atoms with Crippen LogP contribution >= 0.6 is 11.8 Å². The summed E-state index contributed by atoms with van der Waals surface area (Å²) in [6.45, 7) is 0.484. The zero-order valence-electron chi connectivity index (χ0n) is 17.8. The number of amides is 1. The second-order valence-corrected chi connectivity index (χ2v) is 8.26. The SMILES string of the molecule is COc1ccc(-c2cnc(CCC(=O)NCc3ccccc3Sc3ccccc3)o2)cc1. The van der Waals surface area contributed by atoms with Gasteiger partial charge in [0.1, 0.15) is 5.75 Å². The maximum atomic E-state index is 12.4. The van der Waals surface area contributed by atoms with Crippen LogP contribution in [0, 0.1) is 0 Å². The molecule has 3 aromatic carbocycles. The van der Waals surface area contributed by atoms with E-state index < -0.39 is 0 Å². The maximum absolute atomic E-state index is 12.4. The van der Waals surface area contributed by atoms with Gasteiger partial charge in [0.2, 0.25) is 5.91 Å². The number of oxazole rings is 1. The van der Waals surface area contributed by atoms with Crippen LogP contribution < -0.4 is 10.1 Å². The molecule has 4 aromatic rings. The molecular formula is C26H24N2O3S. The molecule has 0 atom stereocenters. The Labute approximate surface area is 191 Å². The van der Waals surface area contributed by atoms with Crippen LogP contribution in [0.4, 0.5) is 0 Å².